The number of rotatable bonds is 6. The number of anilines is 2. The van der Waals surface area contributed by atoms with E-state index in [-0.39, 0.29) is 18.9 Å². The lowest BCUT2D eigenvalue weighted by Gasteiger charge is -2.24. The Bertz CT molecular complexity index is 390. The van der Waals surface area contributed by atoms with Crippen molar-refractivity contribution in [1.29, 1.82) is 0 Å². The van der Waals surface area contributed by atoms with Crippen molar-refractivity contribution in [2.24, 2.45) is 5.73 Å². The number of aliphatic hydroxyl groups excluding tert-OH is 1. The third kappa shape index (κ3) is 4.68. The second-order valence-electron chi connectivity index (χ2n) is 4.69. The summed E-state index contributed by atoms with van der Waals surface area (Å²) in [5.41, 5.74) is 5.65. The number of hydrogen-bond acceptors (Lipinski definition) is 5. The lowest BCUT2D eigenvalue weighted by molar-refractivity contribution is -0.116. The fraction of sp³-hybridized carbons (Fsp3) is 0.500. The quantitative estimate of drug-likeness (QED) is 0.592. The molecular formula is C12H20N4O2. The number of nitrogens with one attached hydrogen (secondary N) is 2. The van der Waals surface area contributed by atoms with Crippen molar-refractivity contribution in [1.82, 2.24) is 4.98 Å². The second-order valence-corrected chi connectivity index (χ2v) is 4.69. The van der Waals surface area contributed by atoms with Crippen molar-refractivity contribution < 1.29 is 9.90 Å². The number of amides is 1. The number of nitrogens with two attached hydrogens (primary N) is 1. The van der Waals surface area contributed by atoms with Gasteiger partial charge in [-0.3, -0.25) is 4.79 Å². The molecule has 1 heterocycles. The zero-order valence-electron chi connectivity index (χ0n) is 10.7. The first-order chi connectivity index (χ1) is 8.46. The van der Waals surface area contributed by atoms with E-state index >= 15 is 0 Å². The maximum absolute atomic E-state index is 11.3. The molecule has 0 aliphatic carbocycles. The van der Waals surface area contributed by atoms with E-state index in [1.807, 2.05) is 13.8 Å². The van der Waals surface area contributed by atoms with Crippen molar-refractivity contribution in [3.63, 3.8) is 0 Å². The number of carbonyl (C=O) groups is 1. The lowest BCUT2D eigenvalue weighted by atomic mass is 10.1. The van der Waals surface area contributed by atoms with E-state index < -0.39 is 5.54 Å². The van der Waals surface area contributed by atoms with Crippen LogP contribution in [0.1, 0.15) is 20.3 Å². The summed E-state index contributed by atoms with van der Waals surface area (Å²) in [5, 5.41) is 14.9. The molecule has 0 spiro atoms. The van der Waals surface area contributed by atoms with Crippen LogP contribution in [0.5, 0.6) is 0 Å². The summed E-state index contributed by atoms with van der Waals surface area (Å²) < 4.78 is 0. The highest BCUT2D eigenvalue weighted by atomic mass is 16.3. The van der Waals surface area contributed by atoms with Crippen LogP contribution in [0.2, 0.25) is 0 Å². The molecule has 0 fully saturated rings. The predicted molar refractivity (Wildman–Crippen MR) is 71.3 cm³/mol. The monoisotopic (exact) mass is 252 g/mol. The molecule has 0 unspecified atom stereocenters. The Morgan fingerprint density at radius 1 is 1.50 bits per heavy atom. The zero-order valence-corrected chi connectivity index (χ0v) is 10.7. The number of carbonyl (C=O) groups excluding carboxylic acids is 1. The van der Waals surface area contributed by atoms with Gasteiger partial charge in [0.15, 0.2) is 0 Å². The van der Waals surface area contributed by atoms with Crippen LogP contribution < -0.4 is 16.4 Å². The molecule has 0 bridgehead atoms. The molecule has 6 heteroatoms. The molecule has 0 aromatic carbocycles. The minimum atomic E-state index is -0.411. The fourth-order valence-corrected chi connectivity index (χ4v) is 1.31. The zero-order chi connectivity index (χ0) is 13.6. The summed E-state index contributed by atoms with van der Waals surface area (Å²) in [6, 6.07) is 3.49. The third-order valence-electron chi connectivity index (χ3n) is 2.28. The van der Waals surface area contributed by atoms with Crippen molar-refractivity contribution >= 4 is 17.4 Å². The van der Waals surface area contributed by atoms with Gasteiger partial charge in [0, 0.05) is 13.0 Å². The average molecular weight is 252 g/mol. The van der Waals surface area contributed by atoms with Crippen LogP contribution in [0.4, 0.5) is 11.5 Å². The third-order valence-corrected chi connectivity index (χ3v) is 2.28. The van der Waals surface area contributed by atoms with Gasteiger partial charge in [-0.15, -0.1) is 0 Å². The van der Waals surface area contributed by atoms with Gasteiger partial charge in [-0.05, 0) is 26.0 Å². The minimum absolute atomic E-state index is 0.0159. The van der Waals surface area contributed by atoms with Gasteiger partial charge < -0.3 is 21.5 Å². The maximum Gasteiger partial charge on any atom is 0.226 e. The van der Waals surface area contributed by atoms with E-state index in [4.69, 9.17) is 10.8 Å². The topological polar surface area (TPSA) is 100 Å². The SMILES string of the molecule is CC(C)(CO)Nc1ccc(NC(=O)CCN)nc1. The molecular weight excluding hydrogens is 232 g/mol. The van der Waals surface area contributed by atoms with E-state index in [2.05, 4.69) is 15.6 Å². The molecule has 1 rings (SSSR count). The Kier molecular flexibility index (Phi) is 5.06. The van der Waals surface area contributed by atoms with E-state index in [0.717, 1.165) is 5.69 Å². The van der Waals surface area contributed by atoms with Gasteiger partial charge in [-0.25, -0.2) is 4.98 Å². The summed E-state index contributed by atoms with van der Waals surface area (Å²) in [6.07, 6.45) is 1.88. The van der Waals surface area contributed by atoms with Gasteiger partial charge in [0.1, 0.15) is 5.82 Å². The van der Waals surface area contributed by atoms with Crippen LogP contribution in [-0.2, 0) is 4.79 Å². The van der Waals surface area contributed by atoms with Crippen molar-refractivity contribution in [2.75, 3.05) is 23.8 Å². The molecule has 0 aliphatic heterocycles. The molecule has 0 aliphatic rings. The summed E-state index contributed by atoms with van der Waals surface area (Å²) in [6.45, 7) is 4.09. The van der Waals surface area contributed by atoms with Gasteiger partial charge in [-0.2, -0.15) is 0 Å². The molecule has 5 N–H and O–H groups in total. The van der Waals surface area contributed by atoms with Crippen molar-refractivity contribution in [3.8, 4) is 0 Å². The van der Waals surface area contributed by atoms with Crippen LogP contribution >= 0.6 is 0 Å². The second kappa shape index (κ2) is 6.32. The molecule has 100 valence electrons. The largest absolute Gasteiger partial charge is 0.394 e. The van der Waals surface area contributed by atoms with Crippen LogP contribution in [0.3, 0.4) is 0 Å². The Labute approximate surface area is 107 Å². The fourth-order valence-electron chi connectivity index (χ4n) is 1.31. The molecule has 0 saturated heterocycles. The molecule has 18 heavy (non-hydrogen) atoms. The summed E-state index contributed by atoms with van der Waals surface area (Å²) >= 11 is 0. The molecule has 1 aromatic rings. The van der Waals surface area contributed by atoms with Gasteiger partial charge >= 0.3 is 0 Å². The first-order valence-corrected chi connectivity index (χ1v) is 5.82. The Morgan fingerprint density at radius 2 is 2.22 bits per heavy atom. The lowest BCUT2D eigenvalue weighted by Crippen LogP contribution is -2.34. The highest BCUT2D eigenvalue weighted by Crippen LogP contribution is 2.15. The standard InChI is InChI=1S/C12H20N4O2/c1-12(2,8-17)16-9-3-4-10(14-7-9)15-11(18)5-6-13/h3-4,7,16-17H,5-6,8,13H2,1-2H3,(H,14,15,18). The highest BCUT2D eigenvalue weighted by Gasteiger charge is 2.15. The smallest absolute Gasteiger partial charge is 0.226 e. The van der Waals surface area contributed by atoms with E-state index in [1.165, 1.54) is 0 Å². The average Bonchev–Trinajstić information content (AvgIpc) is 2.32. The van der Waals surface area contributed by atoms with Gasteiger partial charge in [0.2, 0.25) is 5.91 Å². The van der Waals surface area contributed by atoms with Crippen LogP contribution in [0.15, 0.2) is 18.3 Å². The van der Waals surface area contributed by atoms with Gasteiger partial charge in [0.25, 0.3) is 0 Å². The Hall–Kier alpha value is -1.66. The minimum Gasteiger partial charge on any atom is -0.394 e. The molecule has 0 radical (unpaired) electrons. The van der Waals surface area contributed by atoms with Gasteiger partial charge in [-0.1, -0.05) is 0 Å². The van der Waals surface area contributed by atoms with Gasteiger partial charge in [0.05, 0.1) is 24.0 Å². The highest BCUT2D eigenvalue weighted by molar-refractivity contribution is 5.89. The van der Waals surface area contributed by atoms with Crippen LogP contribution in [0, 0.1) is 0 Å². The van der Waals surface area contributed by atoms with E-state index in [1.54, 1.807) is 18.3 Å². The molecule has 0 atom stereocenters. The van der Waals surface area contributed by atoms with Crippen LogP contribution in [-0.4, -0.2) is 34.7 Å². The molecule has 1 aromatic heterocycles. The normalized spacial score (nSPS) is 11.1. The number of nitrogens with zero attached hydrogens (tertiary/aromatic N) is 1. The van der Waals surface area contributed by atoms with Crippen LogP contribution in [0.25, 0.3) is 0 Å². The molecule has 6 nitrogen and oxygen atoms in total. The number of aliphatic hydroxyl groups is 1. The van der Waals surface area contributed by atoms with E-state index in [9.17, 15) is 4.79 Å². The maximum atomic E-state index is 11.3. The number of aromatic nitrogens is 1. The summed E-state index contributed by atoms with van der Waals surface area (Å²) in [7, 11) is 0. The first kappa shape index (κ1) is 14.4. The number of pyridine rings is 1. The molecule has 0 saturated carbocycles. The van der Waals surface area contributed by atoms with E-state index in [0.29, 0.717) is 12.4 Å². The first-order valence-electron chi connectivity index (χ1n) is 5.82. The Morgan fingerprint density at radius 3 is 2.72 bits per heavy atom. The molecule has 1 amide bonds. The summed E-state index contributed by atoms with van der Waals surface area (Å²) in [5.74, 6) is 0.335. The predicted octanol–water partition coefficient (Wildman–Crippen LogP) is 0.552. The Balaban J connectivity index is 2.60. The van der Waals surface area contributed by atoms with Crippen molar-refractivity contribution in [3.05, 3.63) is 18.3 Å². The number of hydrogen-bond donors (Lipinski definition) is 4. The summed E-state index contributed by atoms with van der Waals surface area (Å²) in [4.78, 5) is 15.4. The van der Waals surface area contributed by atoms with Crippen molar-refractivity contribution in [2.45, 2.75) is 25.8 Å².